The normalized spacial score (nSPS) is 12.5. The maximum absolute atomic E-state index is 12.1. The first-order chi connectivity index (χ1) is 12.1. The van der Waals surface area contributed by atoms with Crippen molar-refractivity contribution < 1.29 is 19.1 Å². The third kappa shape index (κ3) is 3.89. The second-order valence-corrected chi connectivity index (χ2v) is 6.16. The van der Waals surface area contributed by atoms with Crippen LogP contribution in [0.2, 0.25) is 0 Å². The third-order valence-electron chi connectivity index (χ3n) is 3.29. The molecule has 0 spiro atoms. The molecule has 0 aliphatic rings. The molecule has 3 rings (SSSR count). The highest BCUT2D eigenvalue weighted by atomic mass is 32.1. The molecule has 0 saturated carbocycles. The van der Waals surface area contributed by atoms with Gasteiger partial charge >= 0.3 is 0 Å². The van der Waals surface area contributed by atoms with Crippen LogP contribution in [0, 0.1) is 0 Å². The zero-order valence-electron chi connectivity index (χ0n) is 13.3. The van der Waals surface area contributed by atoms with Crippen LogP contribution in [0.25, 0.3) is 12.2 Å². The van der Waals surface area contributed by atoms with Gasteiger partial charge in [-0.15, -0.1) is 11.3 Å². The lowest BCUT2D eigenvalue weighted by molar-refractivity contribution is 0.103. The van der Waals surface area contributed by atoms with Crippen LogP contribution in [-0.4, -0.2) is 22.5 Å². The zero-order valence-corrected chi connectivity index (χ0v) is 14.1. The molecule has 0 unspecified atom stereocenters. The average Bonchev–Trinajstić information content (AvgIpc) is 3.22. The van der Waals surface area contributed by atoms with Gasteiger partial charge in [-0.1, -0.05) is 6.07 Å². The number of aromatic nitrogens is 1. The minimum Gasteiger partial charge on any atom is -0.504 e. The molecular weight excluding hydrogens is 342 g/mol. The Kier molecular flexibility index (Phi) is 4.85. The number of thiazole rings is 1. The number of ketones is 1. The SMILES string of the molecule is CCOc1cc(/C=c2\s/c(=C\C(=O)c3ccco3)[nH]c2=O)ccc1O. The number of benzene rings is 1. The van der Waals surface area contributed by atoms with Crippen molar-refractivity contribution in [2.24, 2.45) is 0 Å². The molecule has 2 aromatic heterocycles. The Labute approximate surface area is 146 Å². The van der Waals surface area contributed by atoms with Gasteiger partial charge in [0.15, 0.2) is 17.3 Å². The van der Waals surface area contributed by atoms with Gasteiger partial charge in [-0.05, 0) is 42.8 Å². The Hall–Kier alpha value is -3.06. The van der Waals surface area contributed by atoms with E-state index >= 15 is 0 Å². The summed E-state index contributed by atoms with van der Waals surface area (Å²) in [7, 11) is 0. The van der Waals surface area contributed by atoms with Crippen LogP contribution in [0.5, 0.6) is 11.5 Å². The monoisotopic (exact) mass is 357 g/mol. The van der Waals surface area contributed by atoms with E-state index in [1.165, 1.54) is 18.4 Å². The van der Waals surface area contributed by atoms with Gasteiger partial charge in [-0.25, -0.2) is 0 Å². The maximum Gasteiger partial charge on any atom is 0.266 e. The molecule has 25 heavy (non-hydrogen) atoms. The number of aromatic hydroxyl groups is 1. The van der Waals surface area contributed by atoms with Gasteiger partial charge in [0.25, 0.3) is 5.56 Å². The molecule has 0 aliphatic heterocycles. The smallest absolute Gasteiger partial charge is 0.266 e. The molecular formula is C18H15NO5S. The fraction of sp³-hybridized carbons (Fsp3) is 0.111. The third-order valence-corrected chi connectivity index (χ3v) is 4.25. The topological polar surface area (TPSA) is 92.5 Å². The van der Waals surface area contributed by atoms with Gasteiger partial charge in [-0.3, -0.25) is 9.59 Å². The lowest BCUT2D eigenvalue weighted by Gasteiger charge is -2.05. The van der Waals surface area contributed by atoms with E-state index in [-0.39, 0.29) is 22.9 Å². The Morgan fingerprint density at radius 2 is 2.24 bits per heavy atom. The molecule has 6 nitrogen and oxygen atoms in total. The summed E-state index contributed by atoms with van der Waals surface area (Å²) in [6.07, 6.45) is 4.41. The van der Waals surface area contributed by atoms with Crippen LogP contribution in [0.3, 0.4) is 0 Å². The summed E-state index contributed by atoms with van der Waals surface area (Å²) >= 11 is 1.16. The number of phenols is 1. The summed E-state index contributed by atoms with van der Waals surface area (Å²) in [5.74, 6) is 0.276. The van der Waals surface area contributed by atoms with Crippen LogP contribution >= 0.6 is 11.3 Å². The first kappa shape index (κ1) is 16.8. The van der Waals surface area contributed by atoms with Crippen molar-refractivity contribution in [3.8, 4) is 11.5 Å². The van der Waals surface area contributed by atoms with Crippen LogP contribution in [0.1, 0.15) is 23.0 Å². The Morgan fingerprint density at radius 1 is 1.40 bits per heavy atom. The van der Waals surface area contributed by atoms with Gasteiger partial charge in [0.2, 0.25) is 5.78 Å². The number of aromatic amines is 1. The fourth-order valence-corrected chi connectivity index (χ4v) is 3.06. The van der Waals surface area contributed by atoms with E-state index in [9.17, 15) is 14.7 Å². The van der Waals surface area contributed by atoms with Gasteiger partial charge in [0, 0.05) is 6.08 Å². The molecule has 2 N–H and O–H groups in total. The van der Waals surface area contributed by atoms with E-state index in [0.717, 1.165) is 11.3 Å². The zero-order chi connectivity index (χ0) is 17.8. The highest BCUT2D eigenvalue weighted by Gasteiger charge is 2.06. The van der Waals surface area contributed by atoms with Gasteiger partial charge in [0.1, 0.15) is 0 Å². The fourth-order valence-electron chi connectivity index (χ4n) is 2.18. The van der Waals surface area contributed by atoms with Crippen LogP contribution in [-0.2, 0) is 0 Å². The number of Topliss-reactive ketones (excluding diaryl/α,β-unsaturated/α-hetero) is 1. The molecule has 0 aliphatic carbocycles. The molecule has 7 heteroatoms. The molecule has 0 amide bonds. The predicted octanol–water partition coefficient (Wildman–Crippen LogP) is 1.63. The van der Waals surface area contributed by atoms with E-state index in [0.29, 0.717) is 27.1 Å². The minimum atomic E-state index is -0.322. The van der Waals surface area contributed by atoms with Crippen molar-refractivity contribution in [1.82, 2.24) is 4.98 Å². The number of rotatable bonds is 5. The summed E-state index contributed by atoms with van der Waals surface area (Å²) in [5.41, 5.74) is 0.409. The Bertz CT molecular complexity index is 1060. The molecule has 0 radical (unpaired) electrons. The molecule has 0 atom stereocenters. The number of nitrogens with one attached hydrogen (secondary N) is 1. The van der Waals surface area contributed by atoms with Crippen molar-refractivity contribution in [3.63, 3.8) is 0 Å². The second kappa shape index (κ2) is 7.23. The maximum atomic E-state index is 12.1. The van der Waals surface area contributed by atoms with Crippen LogP contribution < -0.4 is 19.5 Å². The lowest BCUT2D eigenvalue weighted by atomic mass is 10.2. The highest BCUT2D eigenvalue weighted by Crippen LogP contribution is 2.26. The number of hydrogen-bond acceptors (Lipinski definition) is 6. The van der Waals surface area contributed by atoms with Crippen LogP contribution in [0.15, 0.2) is 45.8 Å². The highest BCUT2D eigenvalue weighted by molar-refractivity contribution is 7.07. The van der Waals surface area contributed by atoms with E-state index in [1.807, 2.05) is 6.92 Å². The van der Waals surface area contributed by atoms with E-state index in [4.69, 9.17) is 9.15 Å². The largest absolute Gasteiger partial charge is 0.504 e. The lowest BCUT2D eigenvalue weighted by Crippen LogP contribution is -2.20. The van der Waals surface area contributed by atoms with Crippen molar-refractivity contribution in [3.05, 3.63) is 67.5 Å². The van der Waals surface area contributed by atoms with Crippen molar-refractivity contribution in [2.75, 3.05) is 6.61 Å². The van der Waals surface area contributed by atoms with Crippen LogP contribution in [0.4, 0.5) is 0 Å². The standard InChI is InChI=1S/C18H15NO5S/c1-2-23-15-8-11(5-6-12(15)20)9-16-18(22)19-17(25-16)10-13(21)14-4-3-7-24-14/h3-10,20H,2H2,1H3,(H,19,22)/b16-9-,17-10-. The summed E-state index contributed by atoms with van der Waals surface area (Å²) in [6.45, 7) is 2.24. The average molecular weight is 357 g/mol. The number of furan rings is 1. The molecule has 0 fully saturated rings. The summed E-state index contributed by atoms with van der Waals surface area (Å²) in [6, 6.07) is 8.01. The summed E-state index contributed by atoms with van der Waals surface area (Å²) in [4.78, 5) is 26.7. The summed E-state index contributed by atoms with van der Waals surface area (Å²) < 4.78 is 11.2. The number of phenolic OH excluding ortho intramolecular Hbond substituents is 1. The first-order valence-corrected chi connectivity index (χ1v) is 8.34. The molecule has 1 aromatic carbocycles. The van der Waals surface area contributed by atoms with Crippen molar-refractivity contribution >= 4 is 29.3 Å². The van der Waals surface area contributed by atoms with E-state index in [1.54, 1.807) is 30.3 Å². The van der Waals surface area contributed by atoms with Gasteiger partial charge in [-0.2, -0.15) is 0 Å². The van der Waals surface area contributed by atoms with Crippen molar-refractivity contribution in [2.45, 2.75) is 6.92 Å². The van der Waals surface area contributed by atoms with E-state index in [2.05, 4.69) is 4.98 Å². The Balaban J connectivity index is 1.98. The number of hydrogen-bond donors (Lipinski definition) is 2. The van der Waals surface area contributed by atoms with Gasteiger partial charge < -0.3 is 19.2 Å². The first-order valence-electron chi connectivity index (χ1n) is 7.53. The van der Waals surface area contributed by atoms with Gasteiger partial charge in [0.05, 0.1) is 22.1 Å². The number of ether oxygens (including phenoxy) is 1. The molecule has 128 valence electrons. The molecule has 2 heterocycles. The number of carbonyl (C=O) groups is 1. The molecule has 3 aromatic rings. The molecule has 0 saturated heterocycles. The second-order valence-electron chi connectivity index (χ2n) is 5.08. The number of carbonyl (C=O) groups excluding carboxylic acids is 1. The summed E-state index contributed by atoms with van der Waals surface area (Å²) in [5, 5.41) is 9.72. The Morgan fingerprint density at radius 3 is 2.96 bits per heavy atom. The quantitative estimate of drug-likeness (QED) is 0.677. The predicted molar refractivity (Wildman–Crippen MR) is 94.5 cm³/mol. The van der Waals surface area contributed by atoms with Crippen molar-refractivity contribution in [1.29, 1.82) is 0 Å². The molecule has 0 bridgehead atoms. The number of H-pyrrole nitrogens is 1. The minimum absolute atomic E-state index is 0.0390. The van der Waals surface area contributed by atoms with E-state index < -0.39 is 0 Å².